The van der Waals surface area contributed by atoms with Gasteiger partial charge in [0.1, 0.15) is 5.82 Å². The minimum atomic E-state index is 0.130. The van der Waals surface area contributed by atoms with E-state index in [1.54, 1.807) is 0 Å². The number of nitrogens with zero attached hydrogens (tertiary/aromatic N) is 2. The Morgan fingerprint density at radius 2 is 2.07 bits per heavy atom. The van der Waals surface area contributed by atoms with E-state index in [1.165, 1.54) is 5.56 Å². The second kappa shape index (κ2) is 4.62. The van der Waals surface area contributed by atoms with E-state index in [1.807, 2.05) is 12.3 Å². The Morgan fingerprint density at radius 1 is 1.40 bits per heavy atom. The Hall–Kier alpha value is -1.09. The molecule has 0 aliphatic carbocycles. The van der Waals surface area contributed by atoms with Crippen LogP contribution >= 0.6 is 0 Å². The molecule has 0 saturated carbocycles. The second-order valence-electron chi connectivity index (χ2n) is 4.78. The lowest BCUT2D eigenvalue weighted by atomic mass is 10.0. The minimum absolute atomic E-state index is 0.130. The summed E-state index contributed by atoms with van der Waals surface area (Å²) in [5.41, 5.74) is 1.36. The predicted octanol–water partition coefficient (Wildman–Crippen LogP) is 2.14. The van der Waals surface area contributed by atoms with Gasteiger partial charge in [-0.1, -0.05) is 0 Å². The summed E-state index contributed by atoms with van der Waals surface area (Å²) in [6.07, 6.45) is 1.83. The number of rotatable bonds is 4. The van der Waals surface area contributed by atoms with Gasteiger partial charge in [-0.15, -0.1) is 0 Å². The molecule has 1 heterocycles. The van der Waals surface area contributed by atoms with E-state index in [0.29, 0.717) is 0 Å². The van der Waals surface area contributed by atoms with Gasteiger partial charge in [0.2, 0.25) is 0 Å². The summed E-state index contributed by atoms with van der Waals surface area (Å²) in [4.78, 5) is 6.48. The quantitative estimate of drug-likeness (QED) is 0.820. The monoisotopic (exact) mass is 207 g/mol. The maximum atomic E-state index is 4.27. The third kappa shape index (κ3) is 3.51. The molecule has 84 valence electrons. The first-order chi connectivity index (χ1) is 6.92. The highest BCUT2D eigenvalue weighted by atomic mass is 15.2. The van der Waals surface area contributed by atoms with Crippen LogP contribution in [0.2, 0.25) is 0 Å². The van der Waals surface area contributed by atoms with Crippen LogP contribution in [0.4, 0.5) is 5.82 Å². The van der Waals surface area contributed by atoms with Crippen LogP contribution in [0.1, 0.15) is 19.4 Å². The number of hydrogen-bond acceptors (Lipinski definition) is 3. The molecule has 0 atom stereocenters. The van der Waals surface area contributed by atoms with Gasteiger partial charge in [-0.25, -0.2) is 4.98 Å². The molecule has 1 rings (SSSR count). The van der Waals surface area contributed by atoms with Gasteiger partial charge in [-0.05, 0) is 52.6 Å². The molecule has 0 saturated heterocycles. The van der Waals surface area contributed by atoms with Gasteiger partial charge < -0.3 is 10.2 Å². The highest BCUT2D eigenvalue weighted by Crippen LogP contribution is 2.12. The molecule has 15 heavy (non-hydrogen) atoms. The lowest BCUT2D eigenvalue weighted by Gasteiger charge is -2.32. The first kappa shape index (κ1) is 12.0. The van der Waals surface area contributed by atoms with Crippen molar-refractivity contribution in [2.45, 2.75) is 26.3 Å². The van der Waals surface area contributed by atoms with E-state index in [0.717, 1.165) is 12.4 Å². The van der Waals surface area contributed by atoms with Crippen LogP contribution < -0.4 is 5.32 Å². The number of pyridine rings is 1. The summed E-state index contributed by atoms with van der Waals surface area (Å²) in [7, 11) is 4.18. The molecule has 0 bridgehead atoms. The van der Waals surface area contributed by atoms with Crippen LogP contribution in [-0.2, 0) is 0 Å². The number of nitrogens with one attached hydrogen (secondary N) is 1. The molecule has 0 aromatic carbocycles. The van der Waals surface area contributed by atoms with Crippen molar-refractivity contribution in [2.24, 2.45) is 0 Å². The third-order valence-electron chi connectivity index (χ3n) is 2.83. The van der Waals surface area contributed by atoms with Crippen molar-refractivity contribution < 1.29 is 0 Å². The van der Waals surface area contributed by atoms with Crippen LogP contribution in [0.5, 0.6) is 0 Å². The average molecular weight is 207 g/mol. The maximum absolute atomic E-state index is 4.27. The highest BCUT2D eigenvalue weighted by Gasteiger charge is 2.19. The van der Waals surface area contributed by atoms with Crippen molar-refractivity contribution in [2.75, 3.05) is 26.0 Å². The zero-order chi connectivity index (χ0) is 11.5. The molecule has 0 radical (unpaired) electrons. The Labute approximate surface area is 92.5 Å². The number of anilines is 1. The van der Waals surface area contributed by atoms with Gasteiger partial charge in [0.05, 0.1) is 0 Å². The Balaban J connectivity index is 2.57. The SMILES string of the molecule is Cc1ccnc(NCC(C)(C)N(C)C)c1. The molecule has 3 heteroatoms. The van der Waals surface area contributed by atoms with Crippen molar-refractivity contribution in [3.05, 3.63) is 23.9 Å². The minimum Gasteiger partial charge on any atom is -0.368 e. The number of aromatic nitrogens is 1. The van der Waals surface area contributed by atoms with Crippen molar-refractivity contribution >= 4 is 5.82 Å². The van der Waals surface area contributed by atoms with Crippen molar-refractivity contribution in [1.29, 1.82) is 0 Å². The van der Waals surface area contributed by atoms with Gasteiger partial charge in [-0.2, -0.15) is 0 Å². The standard InChI is InChI=1S/C12H21N3/c1-10-6-7-13-11(8-10)14-9-12(2,3)15(4)5/h6-8H,9H2,1-5H3,(H,13,14). The highest BCUT2D eigenvalue weighted by molar-refractivity contribution is 5.37. The lowest BCUT2D eigenvalue weighted by molar-refractivity contribution is 0.210. The van der Waals surface area contributed by atoms with Gasteiger partial charge in [0, 0.05) is 18.3 Å². The number of hydrogen-bond donors (Lipinski definition) is 1. The zero-order valence-electron chi connectivity index (χ0n) is 10.3. The van der Waals surface area contributed by atoms with Crippen LogP contribution in [-0.4, -0.2) is 36.1 Å². The smallest absolute Gasteiger partial charge is 0.126 e. The normalized spacial score (nSPS) is 11.9. The average Bonchev–Trinajstić information content (AvgIpc) is 2.15. The van der Waals surface area contributed by atoms with Gasteiger partial charge in [-0.3, -0.25) is 0 Å². The fourth-order valence-corrected chi connectivity index (χ4v) is 1.10. The third-order valence-corrected chi connectivity index (χ3v) is 2.83. The van der Waals surface area contributed by atoms with Gasteiger partial charge in [0.15, 0.2) is 0 Å². The van der Waals surface area contributed by atoms with Gasteiger partial charge in [0.25, 0.3) is 0 Å². The summed E-state index contributed by atoms with van der Waals surface area (Å²) in [6, 6.07) is 4.06. The van der Waals surface area contributed by atoms with Crippen LogP contribution in [0.3, 0.4) is 0 Å². The molecule has 1 aromatic heterocycles. The van der Waals surface area contributed by atoms with Gasteiger partial charge >= 0.3 is 0 Å². The second-order valence-corrected chi connectivity index (χ2v) is 4.78. The molecule has 1 aromatic rings. The predicted molar refractivity (Wildman–Crippen MR) is 65.2 cm³/mol. The molecule has 0 amide bonds. The molecule has 0 aliphatic rings. The summed E-state index contributed by atoms with van der Waals surface area (Å²) in [6.45, 7) is 7.37. The van der Waals surface area contributed by atoms with Crippen LogP contribution in [0.15, 0.2) is 18.3 Å². The lowest BCUT2D eigenvalue weighted by Crippen LogP contribution is -2.44. The Bertz CT molecular complexity index is 318. The van der Waals surface area contributed by atoms with E-state index in [-0.39, 0.29) is 5.54 Å². The Kier molecular flexibility index (Phi) is 3.69. The fraction of sp³-hybridized carbons (Fsp3) is 0.583. The molecule has 1 N–H and O–H groups in total. The molecular formula is C12H21N3. The van der Waals surface area contributed by atoms with E-state index in [9.17, 15) is 0 Å². The Morgan fingerprint density at radius 3 is 2.60 bits per heavy atom. The summed E-state index contributed by atoms with van der Waals surface area (Å²) >= 11 is 0. The first-order valence-electron chi connectivity index (χ1n) is 5.26. The van der Waals surface area contributed by atoms with Crippen LogP contribution in [0, 0.1) is 6.92 Å². The summed E-state index contributed by atoms with van der Waals surface area (Å²) in [5.74, 6) is 0.949. The van der Waals surface area contributed by atoms with Crippen LogP contribution in [0.25, 0.3) is 0 Å². The first-order valence-corrected chi connectivity index (χ1v) is 5.26. The van der Waals surface area contributed by atoms with Crippen molar-refractivity contribution in [1.82, 2.24) is 9.88 Å². The van der Waals surface area contributed by atoms with E-state index in [2.05, 4.69) is 56.1 Å². The molecule has 3 nitrogen and oxygen atoms in total. The summed E-state index contributed by atoms with van der Waals surface area (Å²) < 4.78 is 0. The fourth-order valence-electron chi connectivity index (χ4n) is 1.10. The largest absolute Gasteiger partial charge is 0.368 e. The van der Waals surface area contributed by atoms with E-state index < -0.39 is 0 Å². The number of likely N-dealkylation sites (N-methyl/N-ethyl adjacent to an activating group) is 1. The topological polar surface area (TPSA) is 28.2 Å². The van der Waals surface area contributed by atoms with E-state index >= 15 is 0 Å². The molecule has 0 aliphatic heterocycles. The summed E-state index contributed by atoms with van der Waals surface area (Å²) in [5, 5.41) is 3.35. The van der Waals surface area contributed by atoms with Crippen molar-refractivity contribution in [3.8, 4) is 0 Å². The van der Waals surface area contributed by atoms with E-state index in [4.69, 9.17) is 0 Å². The molecule has 0 unspecified atom stereocenters. The number of aryl methyl sites for hydroxylation is 1. The zero-order valence-corrected chi connectivity index (χ0v) is 10.3. The molecule has 0 spiro atoms. The molecule has 0 fully saturated rings. The molecular weight excluding hydrogens is 186 g/mol. The maximum Gasteiger partial charge on any atom is 0.126 e. The van der Waals surface area contributed by atoms with Crippen molar-refractivity contribution in [3.63, 3.8) is 0 Å².